The number of hydrogen-bond donors (Lipinski definition) is 1. The highest BCUT2D eigenvalue weighted by atomic mass is 16.5. The summed E-state index contributed by atoms with van der Waals surface area (Å²) in [6, 6.07) is 21.4. The maximum Gasteiger partial charge on any atom is 0.251 e. The molecule has 0 atom stereocenters. The van der Waals surface area contributed by atoms with Crippen molar-refractivity contribution >= 4 is 16.7 Å². The summed E-state index contributed by atoms with van der Waals surface area (Å²) in [5.74, 6) is 0.742. The number of benzene rings is 3. The molecule has 110 valence electrons. The van der Waals surface area contributed by atoms with E-state index in [1.54, 1.807) is 7.11 Å². The molecule has 0 radical (unpaired) electrons. The van der Waals surface area contributed by atoms with Crippen molar-refractivity contribution in [3.05, 3.63) is 77.9 Å². The Hall–Kier alpha value is -2.81. The van der Waals surface area contributed by atoms with Crippen LogP contribution in [0.25, 0.3) is 10.8 Å². The van der Waals surface area contributed by atoms with Crippen molar-refractivity contribution in [2.75, 3.05) is 7.11 Å². The van der Waals surface area contributed by atoms with E-state index in [9.17, 15) is 4.79 Å². The van der Waals surface area contributed by atoms with Crippen molar-refractivity contribution < 1.29 is 9.53 Å². The fourth-order valence-corrected chi connectivity index (χ4v) is 2.36. The standard InChI is InChI=1S/C19H17NO2/c1-22-18-10-6-14(7-11-18)13-20-19(21)17-9-8-15-4-2-3-5-16(15)12-17/h2-12H,13H2,1H3,(H,20,21). The number of hydrogen-bond acceptors (Lipinski definition) is 2. The molecule has 0 spiro atoms. The molecule has 3 heteroatoms. The first-order valence-electron chi connectivity index (χ1n) is 7.16. The minimum atomic E-state index is -0.0680. The van der Waals surface area contributed by atoms with E-state index in [0.29, 0.717) is 12.1 Å². The number of nitrogens with one attached hydrogen (secondary N) is 1. The van der Waals surface area contributed by atoms with E-state index in [1.807, 2.05) is 66.7 Å². The molecule has 0 aliphatic heterocycles. The van der Waals surface area contributed by atoms with Gasteiger partial charge in [-0.25, -0.2) is 0 Å². The van der Waals surface area contributed by atoms with Gasteiger partial charge in [-0.3, -0.25) is 4.79 Å². The van der Waals surface area contributed by atoms with Crippen molar-refractivity contribution in [2.45, 2.75) is 6.54 Å². The minimum Gasteiger partial charge on any atom is -0.497 e. The lowest BCUT2D eigenvalue weighted by molar-refractivity contribution is 0.0951. The van der Waals surface area contributed by atoms with Crippen LogP contribution in [0.3, 0.4) is 0 Å². The first-order valence-corrected chi connectivity index (χ1v) is 7.16. The monoisotopic (exact) mass is 291 g/mol. The van der Waals surface area contributed by atoms with Gasteiger partial charge in [0.05, 0.1) is 7.11 Å². The molecule has 0 aromatic heterocycles. The summed E-state index contributed by atoms with van der Waals surface area (Å²) in [4.78, 5) is 12.2. The summed E-state index contributed by atoms with van der Waals surface area (Å²) in [7, 11) is 1.64. The Morgan fingerprint density at radius 1 is 0.955 bits per heavy atom. The van der Waals surface area contributed by atoms with E-state index < -0.39 is 0 Å². The van der Waals surface area contributed by atoms with Gasteiger partial charge in [0.25, 0.3) is 5.91 Å². The highest BCUT2D eigenvalue weighted by Crippen LogP contribution is 2.16. The molecular weight excluding hydrogens is 274 g/mol. The van der Waals surface area contributed by atoms with Crippen molar-refractivity contribution in [3.8, 4) is 5.75 Å². The number of fused-ring (bicyclic) bond motifs is 1. The summed E-state index contributed by atoms with van der Waals surface area (Å²) in [6.07, 6.45) is 0. The third-order valence-corrected chi connectivity index (χ3v) is 3.62. The van der Waals surface area contributed by atoms with Crippen LogP contribution in [0.5, 0.6) is 5.75 Å². The lowest BCUT2D eigenvalue weighted by Gasteiger charge is -2.07. The first-order chi connectivity index (χ1) is 10.8. The van der Waals surface area contributed by atoms with Gasteiger partial charge in [0.1, 0.15) is 5.75 Å². The van der Waals surface area contributed by atoms with E-state index in [4.69, 9.17) is 4.74 Å². The molecule has 3 aromatic rings. The fourth-order valence-electron chi connectivity index (χ4n) is 2.36. The zero-order valence-corrected chi connectivity index (χ0v) is 12.4. The maximum atomic E-state index is 12.2. The lowest BCUT2D eigenvalue weighted by atomic mass is 10.1. The molecule has 22 heavy (non-hydrogen) atoms. The van der Waals surface area contributed by atoms with Crippen molar-refractivity contribution in [1.29, 1.82) is 0 Å². The third-order valence-electron chi connectivity index (χ3n) is 3.62. The molecule has 0 saturated heterocycles. The number of rotatable bonds is 4. The normalized spacial score (nSPS) is 10.4. The molecule has 3 rings (SSSR count). The average molecular weight is 291 g/mol. The van der Waals surface area contributed by atoms with E-state index in [-0.39, 0.29) is 5.91 Å². The molecule has 1 N–H and O–H groups in total. The fraction of sp³-hybridized carbons (Fsp3) is 0.105. The molecule has 0 aliphatic carbocycles. The van der Waals surface area contributed by atoms with Gasteiger partial charge in [0, 0.05) is 12.1 Å². The van der Waals surface area contributed by atoms with E-state index >= 15 is 0 Å². The third kappa shape index (κ3) is 3.09. The summed E-state index contributed by atoms with van der Waals surface area (Å²) in [6.45, 7) is 0.496. The van der Waals surface area contributed by atoms with Gasteiger partial charge in [-0.15, -0.1) is 0 Å². The number of carbonyl (C=O) groups is 1. The smallest absolute Gasteiger partial charge is 0.251 e. The lowest BCUT2D eigenvalue weighted by Crippen LogP contribution is -2.22. The largest absolute Gasteiger partial charge is 0.497 e. The van der Waals surface area contributed by atoms with Gasteiger partial charge < -0.3 is 10.1 Å². The first kappa shape index (κ1) is 14.1. The predicted octanol–water partition coefficient (Wildman–Crippen LogP) is 3.78. The van der Waals surface area contributed by atoms with E-state index in [1.165, 1.54) is 0 Å². The van der Waals surface area contributed by atoms with Crippen molar-refractivity contribution in [3.63, 3.8) is 0 Å². The van der Waals surface area contributed by atoms with Crippen LogP contribution in [0.15, 0.2) is 66.7 Å². The van der Waals surface area contributed by atoms with Gasteiger partial charge in [0.15, 0.2) is 0 Å². The van der Waals surface area contributed by atoms with Crippen LogP contribution >= 0.6 is 0 Å². The van der Waals surface area contributed by atoms with Crippen LogP contribution in [0.2, 0.25) is 0 Å². The van der Waals surface area contributed by atoms with Gasteiger partial charge in [-0.2, -0.15) is 0 Å². The Kier molecular flexibility index (Phi) is 4.05. The van der Waals surface area contributed by atoms with Gasteiger partial charge in [-0.05, 0) is 40.6 Å². The molecule has 0 saturated carbocycles. The number of carbonyl (C=O) groups excluding carboxylic acids is 1. The maximum absolute atomic E-state index is 12.2. The second-order valence-corrected chi connectivity index (χ2v) is 5.09. The molecule has 3 nitrogen and oxygen atoms in total. The second kappa shape index (κ2) is 6.31. The minimum absolute atomic E-state index is 0.0680. The zero-order valence-electron chi connectivity index (χ0n) is 12.4. The molecule has 0 heterocycles. The summed E-state index contributed by atoms with van der Waals surface area (Å²) in [5.41, 5.74) is 1.71. The number of ether oxygens (including phenoxy) is 1. The number of amides is 1. The van der Waals surface area contributed by atoms with Crippen LogP contribution in [-0.4, -0.2) is 13.0 Å². The molecule has 3 aromatic carbocycles. The number of methoxy groups -OCH3 is 1. The molecule has 0 unspecified atom stereocenters. The Bertz CT molecular complexity index is 794. The topological polar surface area (TPSA) is 38.3 Å². The van der Waals surface area contributed by atoms with Gasteiger partial charge in [0.2, 0.25) is 0 Å². The van der Waals surface area contributed by atoms with Crippen molar-refractivity contribution in [1.82, 2.24) is 5.32 Å². The molecule has 0 aliphatic rings. The summed E-state index contributed by atoms with van der Waals surface area (Å²) in [5, 5.41) is 5.14. The molecule has 0 bridgehead atoms. The van der Waals surface area contributed by atoms with E-state index in [0.717, 1.165) is 22.1 Å². The van der Waals surface area contributed by atoms with Crippen LogP contribution in [-0.2, 0) is 6.54 Å². The highest BCUT2D eigenvalue weighted by Gasteiger charge is 2.06. The van der Waals surface area contributed by atoms with Crippen LogP contribution in [0, 0.1) is 0 Å². The van der Waals surface area contributed by atoms with Crippen molar-refractivity contribution in [2.24, 2.45) is 0 Å². The quantitative estimate of drug-likeness (QED) is 0.794. The SMILES string of the molecule is COc1ccc(CNC(=O)c2ccc3ccccc3c2)cc1. The highest BCUT2D eigenvalue weighted by molar-refractivity contribution is 5.98. The molecule has 0 fully saturated rings. The Morgan fingerprint density at radius 3 is 2.41 bits per heavy atom. The molecule has 1 amide bonds. The average Bonchev–Trinajstić information content (AvgIpc) is 2.59. The van der Waals surface area contributed by atoms with Gasteiger partial charge in [-0.1, -0.05) is 42.5 Å². The van der Waals surface area contributed by atoms with Crippen LogP contribution in [0.1, 0.15) is 15.9 Å². The summed E-state index contributed by atoms with van der Waals surface area (Å²) >= 11 is 0. The van der Waals surface area contributed by atoms with Crippen LogP contribution in [0.4, 0.5) is 0 Å². The second-order valence-electron chi connectivity index (χ2n) is 5.09. The zero-order chi connectivity index (χ0) is 15.4. The van der Waals surface area contributed by atoms with Crippen LogP contribution < -0.4 is 10.1 Å². The Balaban J connectivity index is 1.69. The summed E-state index contributed by atoms with van der Waals surface area (Å²) < 4.78 is 5.12. The van der Waals surface area contributed by atoms with Gasteiger partial charge >= 0.3 is 0 Å². The Morgan fingerprint density at radius 2 is 1.68 bits per heavy atom. The predicted molar refractivity (Wildman–Crippen MR) is 88.1 cm³/mol. The van der Waals surface area contributed by atoms with E-state index in [2.05, 4.69) is 5.32 Å². The molecular formula is C19H17NO2. The Labute approximate surface area is 129 Å².